The van der Waals surface area contributed by atoms with Crippen LogP contribution in [0, 0.1) is 6.92 Å². The summed E-state index contributed by atoms with van der Waals surface area (Å²) in [4.78, 5) is 22.2. The maximum atomic E-state index is 11.3. The molecule has 2 unspecified atom stereocenters. The van der Waals surface area contributed by atoms with Crippen molar-refractivity contribution in [3.8, 4) is 0 Å². The minimum atomic E-state index is -1.75. The van der Waals surface area contributed by atoms with Gasteiger partial charge in [-0.25, -0.2) is 9.59 Å². The first-order valence-electron chi connectivity index (χ1n) is 5.75. The molecule has 0 saturated carbocycles. The number of aliphatic hydroxyl groups is 2. The molecule has 0 aliphatic rings. The van der Waals surface area contributed by atoms with Gasteiger partial charge < -0.3 is 20.1 Å². The van der Waals surface area contributed by atoms with E-state index in [4.69, 9.17) is 5.11 Å². The molecule has 1 aromatic carbocycles. The molecule has 1 rings (SSSR count). The average Bonchev–Trinajstić information content (AvgIpc) is 2.37. The van der Waals surface area contributed by atoms with E-state index in [1.54, 1.807) is 13.8 Å². The summed E-state index contributed by atoms with van der Waals surface area (Å²) in [6.07, 6.45) is -3.28. The molecule has 2 atom stereocenters. The van der Waals surface area contributed by atoms with Crippen molar-refractivity contribution in [3.05, 3.63) is 34.9 Å². The van der Waals surface area contributed by atoms with Gasteiger partial charge in [0.15, 0.2) is 6.10 Å². The van der Waals surface area contributed by atoms with E-state index in [9.17, 15) is 19.8 Å². The lowest BCUT2D eigenvalue weighted by molar-refractivity contribution is -0.159. The van der Waals surface area contributed by atoms with E-state index in [0.717, 1.165) is 0 Å². The van der Waals surface area contributed by atoms with Gasteiger partial charge >= 0.3 is 11.9 Å². The fourth-order valence-corrected chi connectivity index (χ4v) is 1.62. The van der Waals surface area contributed by atoms with E-state index < -0.39 is 24.1 Å². The summed E-state index contributed by atoms with van der Waals surface area (Å²) < 4.78 is 4.60. The van der Waals surface area contributed by atoms with E-state index in [2.05, 4.69) is 4.74 Å². The van der Waals surface area contributed by atoms with Crippen LogP contribution in [0.3, 0.4) is 0 Å². The number of hydrogen-bond acceptors (Lipinski definition) is 5. The van der Waals surface area contributed by atoms with Gasteiger partial charge in [0, 0.05) is 0 Å². The van der Waals surface area contributed by atoms with E-state index in [1.807, 2.05) is 0 Å². The number of aryl methyl sites for hydroxylation is 1. The molecule has 1 aromatic rings. The summed E-state index contributed by atoms with van der Waals surface area (Å²) in [6, 6.07) is 4.11. The predicted octanol–water partition coefficient (Wildman–Crippen LogP) is 0.651. The number of aliphatic hydroxyl groups excluding tert-OH is 2. The molecule has 104 valence electrons. The minimum Gasteiger partial charge on any atom is -0.478 e. The van der Waals surface area contributed by atoms with Crippen molar-refractivity contribution in [2.45, 2.75) is 26.1 Å². The van der Waals surface area contributed by atoms with Crippen molar-refractivity contribution in [1.82, 2.24) is 0 Å². The van der Waals surface area contributed by atoms with Crippen LogP contribution in [0.25, 0.3) is 0 Å². The SMILES string of the molecule is CCOC(=O)C(O)C(O)c1cc(C(=O)O)ccc1C. The summed E-state index contributed by atoms with van der Waals surface area (Å²) >= 11 is 0. The summed E-state index contributed by atoms with van der Waals surface area (Å²) in [5.41, 5.74) is 0.719. The standard InChI is InChI=1S/C13H16O6/c1-3-19-13(18)11(15)10(14)9-6-8(12(16)17)5-4-7(9)2/h4-6,10-11,14-15H,3H2,1-2H3,(H,16,17). The first kappa shape index (κ1) is 15.1. The number of rotatable bonds is 5. The number of carbonyl (C=O) groups is 2. The Kier molecular flexibility index (Phi) is 5.02. The van der Waals surface area contributed by atoms with E-state index in [0.29, 0.717) is 5.56 Å². The normalized spacial score (nSPS) is 13.7. The van der Waals surface area contributed by atoms with Crippen molar-refractivity contribution in [3.63, 3.8) is 0 Å². The van der Waals surface area contributed by atoms with Gasteiger partial charge in [-0.15, -0.1) is 0 Å². The zero-order valence-electron chi connectivity index (χ0n) is 10.7. The Morgan fingerprint density at radius 1 is 1.32 bits per heavy atom. The molecule has 6 nitrogen and oxygen atoms in total. The van der Waals surface area contributed by atoms with Gasteiger partial charge in [0.25, 0.3) is 0 Å². The highest BCUT2D eigenvalue weighted by atomic mass is 16.5. The quantitative estimate of drug-likeness (QED) is 0.677. The highest BCUT2D eigenvalue weighted by Crippen LogP contribution is 2.23. The molecule has 0 bridgehead atoms. The number of esters is 1. The van der Waals surface area contributed by atoms with Crippen LogP contribution in [0.15, 0.2) is 18.2 Å². The van der Waals surface area contributed by atoms with Crippen molar-refractivity contribution < 1.29 is 29.6 Å². The lowest BCUT2D eigenvalue weighted by Crippen LogP contribution is -2.30. The number of carboxylic acid groups (broad SMARTS) is 1. The van der Waals surface area contributed by atoms with Crippen LogP contribution in [0.1, 0.15) is 34.5 Å². The fourth-order valence-electron chi connectivity index (χ4n) is 1.62. The Bertz CT molecular complexity index is 482. The van der Waals surface area contributed by atoms with E-state index in [1.165, 1.54) is 18.2 Å². The number of hydrogen-bond donors (Lipinski definition) is 3. The molecule has 3 N–H and O–H groups in total. The first-order chi connectivity index (χ1) is 8.88. The third-order valence-corrected chi connectivity index (χ3v) is 2.67. The van der Waals surface area contributed by atoms with Gasteiger partial charge in [-0.05, 0) is 37.1 Å². The Hall–Kier alpha value is -1.92. The number of carboxylic acids is 1. The summed E-state index contributed by atoms with van der Waals surface area (Å²) in [5.74, 6) is -2.10. The molecule has 0 heterocycles. The van der Waals surface area contributed by atoms with Crippen LogP contribution in [0.2, 0.25) is 0 Å². The molecule has 0 radical (unpaired) electrons. The molecule has 0 saturated heterocycles. The zero-order valence-corrected chi connectivity index (χ0v) is 10.7. The summed E-state index contributed by atoms with van der Waals surface area (Å²) in [5, 5.41) is 28.5. The molecule has 19 heavy (non-hydrogen) atoms. The van der Waals surface area contributed by atoms with Gasteiger partial charge in [0.2, 0.25) is 0 Å². The molecule has 0 aliphatic heterocycles. The van der Waals surface area contributed by atoms with E-state index >= 15 is 0 Å². The molecule has 0 amide bonds. The van der Waals surface area contributed by atoms with Crippen LogP contribution in [0.4, 0.5) is 0 Å². The number of aromatic carboxylic acids is 1. The van der Waals surface area contributed by atoms with Crippen molar-refractivity contribution in [2.75, 3.05) is 6.61 Å². The maximum Gasteiger partial charge on any atom is 0.338 e. The van der Waals surface area contributed by atoms with E-state index in [-0.39, 0.29) is 17.7 Å². The molecular weight excluding hydrogens is 252 g/mol. The highest BCUT2D eigenvalue weighted by molar-refractivity contribution is 5.88. The highest BCUT2D eigenvalue weighted by Gasteiger charge is 2.28. The van der Waals surface area contributed by atoms with Crippen molar-refractivity contribution >= 4 is 11.9 Å². The van der Waals surface area contributed by atoms with Crippen LogP contribution in [0.5, 0.6) is 0 Å². The first-order valence-corrected chi connectivity index (χ1v) is 5.75. The lowest BCUT2D eigenvalue weighted by Gasteiger charge is -2.18. The van der Waals surface area contributed by atoms with Crippen LogP contribution < -0.4 is 0 Å². The molecule has 0 aromatic heterocycles. The monoisotopic (exact) mass is 268 g/mol. The minimum absolute atomic E-state index is 0.0318. The second kappa shape index (κ2) is 6.31. The second-order valence-corrected chi connectivity index (χ2v) is 4.02. The lowest BCUT2D eigenvalue weighted by atomic mass is 9.97. The van der Waals surface area contributed by atoms with Crippen LogP contribution in [-0.4, -0.2) is 40.0 Å². The second-order valence-electron chi connectivity index (χ2n) is 4.02. The molecule has 0 spiro atoms. The average molecular weight is 268 g/mol. The maximum absolute atomic E-state index is 11.3. The molecule has 0 aliphatic carbocycles. The van der Waals surface area contributed by atoms with Gasteiger partial charge in [-0.2, -0.15) is 0 Å². The van der Waals surface area contributed by atoms with Crippen LogP contribution in [-0.2, 0) is 9.53 Å². The molecule has 0 fully saturated rings. The third-order valence-electron chi connectivity index (χ3n) is 2.67. The van der Waals surface area contributed by atoms with Crippen LogP contribution >= 0.6 is 0 Å². The third kappa shape index (κ3) is 3.52. The summed E-state index contributed by atoms with van der Waals surface area (Å²) in [7, 11) is 0. The zero-order chi connectivity index (χ0) is 14.6. The van der Waals surface area contributed by atoms with Crippen molar-refractivity contribution in [2.24, 2.45) is 0 Å². The van der Waals surface area contributed by atoms with Gasteiger partial charge in [0.05, 0.1) is 12.2 Å². The smallest absolute Gasteiger partial charge is 0.338 e. The van der Waals surface area contributed by atoms with Crippen molar-refractivity contribution in [1.29, 1.82) is 0 Å². The molecular formula is C13H16O6. The van der Waals surface area contributed by atoms with Gasteiger partial charge in [0.1, 0.15) is 6.10 Å². The number of carbonyl (C=O) groups excluding carboxylic acids is 1. The Balaban J connectivity index is 3.04. The summed E-state index contributed by atoms with van der Waals surface area (Å²) in [6.45, 7) is 3.30. The Morgan fingerprint density at radius 2 is 1.95 bits per heavy atom. The number of benzene rings is 1. The predicted molar refractivity (Wildman–Crippen MR) is 65.7 cm³/mol. The van der Waals surface area contributed by atoms with Gasteiger partial charge in [-0.3, -0.25) is 0 Å². The molecule has 6 heteroatoms. The Labute approximate surface area is 110 Å². The Morgan fingerprint density at radius 3 is 2.47 bits per heavy atom. The largest absolute Gasteiger partial charge is 0.478 e. The number of ether oxygens (including phenoxy) is 1. The fraction of sp³-hybridized carbons (Fsp3) is 0.385. The van der Waals surface area contributed by atoms with Gasteiger partial charge in [-0.1, -0.05) is 6.07 Å². The topological polar surface area (TPSA) is 104 Å².